The number of hydrogen-bond donors (Lipinski definition) is 1. The van der Waals surface area contributed by atoms with Crippen LogP contribution in [0.25, 0.3) is 0 Å². The van der Waals surface area contributed by atoms with Gasteiger partial charge in [-0.05, 0) is 32.4 Å². The van der Waals surface area contributed by atoms with Crippen LogP contribution in [-0.2, 0) is 9.84 Å². The molecule has 0 aliphatic rings. The Morgan fingerprint density at radius 1 is 1.24 bits per heavy atom. The molecule has 0 fully saturated rings. The van der Waals surface area contributed by atoms with Crippen LogP contribution in [-0.4, -0.2) is 20.2 Å². The van der Waals surface area contributed by atoms with Crippen LogP contribution in [0.1, 0.15) is 33.6 Å². The summed E-state index contributed by atoms with van der Waals surface area (Å²) in [6, 6.07) is 7.04. The topological polar surface area (TPSA) is 46.2 Å². The molecule has 0 saturated heterocycles. The number of benzene rings is 1. The molecule has 0 aromatic heterocycles. The maximum absolute atomic E-state index is 11.7. The van der Waals surface area contributed by atoms with Gasteiger partial charge in [0.1, 0.15) is 0 Å². The molecule has 0 radical (unpaired) electrons. The second-order valence-corrected chi connectivity index (χ2v) is 7.01. The van der Waals surface area contributed by atoms with Gasteiger partial charge in [-0.2, -0.15) is 0 Å². The van der Waals surface area contributed by atoms with Crippen LogP contribution in [0, 0.1) is 0 Å². The average molecular weight is 255 g/mol. The fourth-order valence-corrected chi connectivity index (χ4v) is 2.79. The van der Waals surface area contributed by atoms with Crippen molar-refractivity contribution in [3.63, 3.8) is 0 Å². The molecule has 0 amide bonds. The van der Waals surface area contributed by atoms with Gasteiger partial charge in [0.05, 0.1) is 10.6 Å². The second kappa shape index (κ2) is 5.08. The molecular formula is C13H21NO2S. The van der Waals surface area contributed by atoms with Crippen molar-refractivity contribution in [3.8, 4) is 0 Å². The SMILES string of the molecule is CCCC(C)(C)Nc1ccccc1S(C)(=O)=O. The van der Waals surface area contributed by atoms with E-state index >= 15 is 0 Å². The van der Waals surface area contributed by atoms with Gasteiger partial charge in [-0.1, -0.05) is 25.5 Å². The Labute approximate surface area is 104 Å². The van der Waals surface area contributed by atoms with Crippen LogP contribution in [0.15, 0.2) is 29.2 Å². The van der Waals surface area contributed by atoms with Gasteiger partial charge >= 0.3 is 0 Å². The van der Waals surface area contributed by atoms with E-state index < -0.39 is 9.84 Å². The van der Waals surface area contributed by atoms with Crippen molar-refractivity contribution in [1.29, 1.82) is 0 Å². The number of anilines is 1. The smallest absolute Gasteiger partial charge is 0.177 e. The second-order valence-electron chi connectivity index (χ2n) is 5.03. The van der Waals surface area contributed by atoms with Crippen LogP contribution >= 0.6 is 0 Å². The first-order valence-corrected chi connectivity index (χ1v) is 7.73. The molecule has 1 rings (SSSR count). The van der Waals surface area contributed by atoms with E-state index in [0.29, 0.717) is 10.6 Å². The fraction of sp³-hybridized carbons (Fsp3) is 0.538. The minimum Gasteiger partial charge on any atom is -0.379 e. The fourth-order valence-electron chi connectivity index (χ4n) is 1.95. The van der Waals surface area contributed by atoms with Crippen molar-refractivity contribution >= 4 is 15.5 Å². The van der Waals surface area contributed by atoms with Crippen molar-refractivity contribution < 1.29 is 8.42 Å². The third-order valence-corrected chi connectivity index (χ3v) is 3.79. The minimum absolute atomic E-state index is 0.102. The van der Waals surface area contributed by atoms with Gasteiger partial charge < -0.3 is 5.32 Å². The normalized spacial score (nSPS) is 12.5. The molecule has 0 spiro atoms. The van der Waals surface area contributed by atoms with Gasteiger partial charge in [-0.15, -0.1) is 0 Å². The molecule has 3 nitrogen and oxygen atoms in total. The Morgan fingerprint density at radius 2 is 1.82 bits per heavy atom. The van der Waals surface area contributed by atoms with Gasteiger partial charge in [-0.25, -0.2) is 8.42 Å². The largest absolute Gasteiger partial charge is 0.379 e. The van der Waals surface area contributed by atoms with Crippen molar-refractivity contribution in [3.05, 3.63) is 24.3 Å². The number of nitrogens with one attached hydrogen (secondary N) is 1. The zero-order valence-electron chi connectivity index (χ0n) is 10.9. The van der Waals surface area contributed by atoms with Gasteiger partial charge in [-0.3, -0.25) is 0 Å². The highest BCUT2D eigenvalue weighted by Crippen LogP contribution is 2.25. The molecule has 0 aliphatic heterocycles. The van der Waals surface area contributed by atoms with Crippen LogP contribution in [0.3, 0.4) is 0 Å². The summed E-state index contributed by atoms with van der Waals surface area (Å²) in [5.41, 5.74) is 0.587. The summed E-state index contributed by atoms with van der Waals surface area (Å²) in [6.07, 6.45) is 3.28. The van der Waals surface area contributed by atoms with E-state index in [1.54, 1.807) is 12.1 Å². The molecule has 0 unspecified atom stereocenters. The lowest BCUT2D eigenvalue weighted by atomic mass is 9.98. The lowest BCUT2D eigenvalue weighted by Gasteiger charge is -2.28. The Kier molecular flexibility index (Phi) is 4.20. The first-order valence-electron chi connectivity index (χ1n) is 5.83. The predicted octanol–water partition coefficient (Wildman–Crippen LogP) is 3.08. The molecule has 0 bridgehead atoms. The monoisotopic (exact) mass is 255 g/mol. The van der Waals surface area contributed by atoms with Gasteiger partial charge in [0.25, 0.3) is 0 Å². The van der Waals surface area contributed by atoms with Crippen molar-refractivity contribution in [2.45, 2.75) is 44.0 Å². The highest BCUT2D eigenvalue weighted by atomic mass is 32.2. The van der Waals surface area contributed by atoms with E-state index in [4.69, 9.17) is 0 Å². The van der Waals surface area contributed by atoms with Gasteiger partial charge in [0, 0.05) is 11.8 Å². The maximum Gasteiger partial charge on any atom is 0.177 e. The van der Waals surface area contributed by atoms with E-state index in [0.717, 1.165) is 12.8 Å². The summed E-state index contributed by atoms with van der Waals surface area (Å²) < 4.78 is 23.3. The van der Waals surface area contributed by atoms with E-state index in [-0.39, 0.29) is 5.54 Å². The van der Waals surface area contributed by atoms with Crippen LogP contribution in [0.2, 0.25) is 0 Å². The molecule has 0 atom stereocenters. The molecule has 0 heterocycles. The third-order valence-electron chi connectivity index (χ3n) is 2.63. The summed E-state index contributed by atoms with van der Waals surface area (Å²) in [5.74, 6) is 0. The molecule has 0 saturated carbocycles. The van der Waals surface area contributed by atoms with Crippen LogP contribution in [0.5, 0.6) is 0 Å². The Morgan fingerprint density at radius 3 is 2.35 bits per heavy atom. The summed E-state index contributed by atoms with van der Waals surface area (Å²) in [7, 11) is -3.18. The molecule has 96 valence electrons. The molecule has 1 aromatic carbocycles. The van der Waals surface area contributed by atoms with Crippen molar-refractivity contribution in [2.24, 2.45) is 0 Å². The minimum atomic E-state index is -3.18. The van der Waals surface area contributed by atoms with Gasteiger partial charge in [0.15, 0.2) is 9.84 Å². The summed E-state index contributed by atoms with van der Waals surface area (Å²) >= 11 is 0. The summed E-state index contributed by atoms with van der Waals surface area (Å²) in [4.78, 5) is 0.365. The molecule has 4 heteroatoms. The van der Waals surface area contributed by atoms with E-state index in [2.05, 4.69) is 26.1 Å². The summed E-state index contributed by atoms with van der Waals surface area (Å²) in [5, 5.41) is 3.32. The highest BCUT2D eigenvalue weighted by Gasteiger charge is 2.20. The first-order chi connectivity index (χ1) is 7.76. The molecule has 1 aromatic rings. The number of para-hydroxylation sites is 1. The Balaban J connectivity index is 3.08. The standard InChI is InChI=1S/C13H21NO2S/c1-5-10-13(2,3)14-11-8-6-7-9-12(11)17(4,15)16/h6-9,14H,5,10H2,1-4H3. The van der Waals surface area contributed by atoms with Crippen LogP contribution in [0.4, 0.5) is 5.69 Å². The van der Waals surface area contributed by atoms with E-state index in [9.17, 15) is 8.42 Å². The van der Waals surface area contributed by atoms with E-state index in [1.807, 2.05) is 12.1 Å². The Bertz CT molecular complexity index is 478. The molecule has 0 aliphatic carbocycles. The lowest BCUT2D eigenvalue weighted by molar-refractivity contribution is 0.509. The van der Waals surface area contributed by atoms with E-state index in [1.165, 1.54) is 6.26 Å². The lowest BCUT2D eigenvalue weighted by Crippen LogP contribution is -2.31. The quantitative estimate of drug-likeness (QED) is 0.879. The molecule has 17 heavy (non-hydrogen) atoms. The summed E-state index contributed by atoms with van der Waals surface area (Å²) in [6.45, 7) is 6.27. The van der Waals surface area contributed by atoms with Crippen molar-refractivity contribution in [1.82, 2.24) is 0 Å². The predicted molar refractivity (Wildman–Crippen MR) is 72.2 cm³/mol. The molecular weight excluding hydrogens is 234 g/mol. The highest BCUT2D eigenvalue weighted by molar-refractivity contribution is 7.90. The zero-order chi connectivity index (χ0) is 13.1. The third kappa shape index (κ3) is 4.04. The van der Waals surface area contributed by atoms with Crippen LogP contribution < -0.4 is 5.32 Å². The van der Waals surface area contributed by atoms with Gasteiger partial charge in [0.2, 0.25) is 0 Å². The average Bonchev–Trinajstić information content (AvgIpc) is 2.15. The maximum atomic E-state index is 11.7. The first kappa shape index (κ1) is 14.0. The molecule has 1 N–H and O–H groups in total. The number of rotatable bonds is 5. The number of hydrogen-bond acceptors (Lipinski definition) is 3. The van der Waals surface area contributed by atoms with Crippen molar-refractivity contribution in [2.75, 3.05) is 11.6 Å². The Hall–Kier alpha value is -1.03. The number of sulfone groups is 1. The zero-order valence-corrected chi connectivity index (χ0v) is 11.8.